The van der Waals surface area contributed by atoms with Crippen molar-refractivity contribution in [2.75, 3.05) is 6.26 Å². The molecule has 2 nitrogen and oxygen atoms in total. The van der Waals surface area contributed by atoms with Crippen molar-refractivity contribution < 1.29 is 0 Å². The standard InChI is InChI=1S/C8H14N2S/c1-4-8(2)7-9-5-6-10-11-3/h5-7H,4H2,1-3H3/b8-7+,9-5?,10-6?. The first kappa shape index (κ1) is 10.4. The molecule has 0 aromatic heterocycles. The molecule has 0 aliphatic heterocycles. The molecule has 0 bridgehead atoms. The molecule has 0 amide bonds. The van der Waals surface area contributed by atoms with Gasteiger partial charge in [-0.05, 0) is 25.3 Å². The van der Waals surface area contributed by atoms with E-state index in [1.807, 2.05) is 12.5 Å². The van der Waals surface area contributed by atoms with Gasteiger partial charge in [0.15, 0.2) is 0 Å². The van der Waals surface area contributed by atoms with Crippen LogP contribution in [0.3, 0.4) is 0 Å². The minimum atomic E-state index is 1.05. The highest BCUT2D eigenvalue weighted by Gasteiger charge is 1.77. The number of rotatable bonds is 4. The third-order valence-electron chi connectivity index (χ3n) is 1.17. The van der Waals surface area contributed by atoms with E-state index in [-0.39, 0.29) is 0 Å². The summed E-state index contributed by atoms with van der Waals surface area (Å²) >= 11 is 1.42. The molecule has 0 unspecified atom stereocenters. The highest BCUT2D eigenvalue weighted by atomic mass is 32.2. The van der Waals surface area contributed by atoms with Gasteiger partial charge in [-0.2, -0.15) is 0 Å². The monoisotopic (exact) mass is 170 g/mol. The predicted octanol–water partition coefficient (Wildman–Crippen LogP) is 2.72. The van der Waals surface area contributed by atoms with Crippen LogP contribution in [0.1, 0.15) is 20.3 Å². The smallest absolute Gasteiger partial charge is 0.0534 e. The molecule has 0 N–H and O–H groups in total. The average molecular weight is 170 g/mol. The molecule has 62 valence electrons. The summed E-state index contributed by atoms with van der Waals surface area (Å²) in [7, 11) is 0. The Kier molecular flexibility index (Phi) is 7.15. The summed E-state index contributed by atoms with van der Waals surface area (Å²) in [5.74, 6) is 0. The van der Waals surface area contributed by atoms with Gasteiger partial charge < -0.3 is 0 Å². The number of nitrogens with zero attached hydrogens (tertiary/aromatic N) is 2. The van der Waals surface area contributed by atoms with Crippen molar-refractivity contribution in [3.8, 4) is 0 Å². The van der Waals surface area contributed by atoms with Crippen LogP contribution < -0.4 is 0 Å². The van der Waals surface area contributed by atoms with Crippen molar-refractivity contribution in [2.24, 2.45) is 9.39 Å². The average Bonchev–Trinajstić information content (AvgIpc) is 2.04. The van der Waals surface area contributed by atoms with E-state index in [0.717, 1.165) is 6.42 Å². The first-order valence-corrected chi connectivity index (χ1v) is 4.73. The molecule has 11 heavy (non-hydrogen) atoms. The molecule has 0 atom stereocenters. The fourth-order valence-corrected chi connectivity index (χ4v) is 0.564. The summed E-state index contributed by atoms with van der Waals surface area (Å²) in [4.78, 5) is 4.03. The van der Waals surface area contributed by atoms with Crippen LogP contribution in [-0.2, 0) is 0 Å². The minimum absolute atomic E-state index is 1.05. The largest absolute Gasteiger partial charge is 0.263 e. The Morgan fingerprint density at radius 2 is 2.18 bits per heavy atom. The lowest BCUT2D eigenvalue weighted by atomic mass is 10.3. The summed E-state index contributed by atoms with van der Waals surface area (Å²) in [6, 6.07) is 0. The lowest BCUT2D eigenvalue weighted by molar-refractivity contribution is 1.09. The van der Waals surface area contributed by atoms with Gasteiger partial charge in [0, 0.05) is 18.7 Å². The van der Waals surface area contributed by atoms with E-state index in [4.69, 9.17) is 0 Å². The van der Waals surface area contributed by atoms with Crippen molar-refractivity contribution >= 4 is 24.4 Å². The Morgan fingerprint density at radius 1 is 1.45 bits per heavy atom. The van der Waals surface area contributed by atoms with Gasteiger partial charge in [-0.15, -0.1) is 0 Å². The van der Waals surface area contributed by atoms with Gasteiger partial charge >= 0.3 is 0 Å². The van der Waals surface area contributed by atoms with Crippen LogP contribution in [-0.4, -0.2) is 18.7 Å². The molecule has 0 aliphatic carbocycles. The predicted molar refractivity (Wildman–Crippen MR) is 54.5 cm³/mol. The molecule has 0 rings (SSSR count). The van der Waals surface area contributed by atoms with Crippen LogP contribution in [0.15, 0.2) is 21.2 Å². The fourth-order valence-electron chi connectivity index (χ4n) is 0.388. The number of hydrogen-bond donors (Lipinski definition) is 0. The van der Waals surface area contributed by atoms with Crippen LogP contribution >= 0.6 is 11.9 Å². The van der Waals surface area contributed by atoms with Crippen molar-refractivity contribution in [3.05, 3.63) is 11.8 Å². The van der Waals surface area contributed by atoms with Gasteiger partial charge in [-0.3, -0.25) is 4.99 Å². The zero-order valence-electron chi connectivity index (χ0n) is 7.24. The van der Waals surface area contributed by atoms with E-state index in [2.05, 4.69) is 23.2 Å². The van der Waals surface area contributed by atoms with Gasteiger partial charge in [-0.25, -0.2) is 4.40 Å². The molecule has 0 aromatic carbocycles. The van der Waals surface area contributed by atoms with Crippen molar-refractivity contribution in [1.29, 1.82) is 0 Å². The lowest BCUT2D eigenvalue weighted by Gasteiger charge is -1.87. The molecule has 3 heteroatoms. The maximum atomic E-state index is 4.03. The van der Waals surface area contributed by atoms with E-state index in [0.29, 0.717) is 0 Å². The van der Waals surface area contributed by atoms with E-state index in [1.54, 1.807) is 12.4 Å². The van der Waals surface area contributed by atoms with Crippen LogP contribution in [0.25, 0.3) is 0 Å². The van der Waals surface area contributed by atoms with Crippen LogP contribution in [0, 0.1) is 0 Å². The maximum Gasteiger partial charge on any atom is 0.0534 e. The Morgan fingerprint density at radius 3 is 2.73 bits per heavy atom. The summed E-state index contributed by atoms with van der Waals surface area (Å²) in [6.45, 7) is 4.17. The first-order valence-electron chi connectivity index (χ1n) is 3.55. The highest BCUT2D eigenvalue weighted by Crippen LogP contribution is 1.96. The van der Waals surface area contributed by atoms with E-state index in [1.165, 1.54) is 17.5 Å². The minimum Gasteiger partial charge on any atom is -0.263 e. The second kappa shape index (κ2) is 7.54. The molecule has 0 saturated carbocycles. The third-order valence-corrected chi connectivity index (χ3v) is 1.50. The van der Waals surface area contributed by atoms with Crippen LogP contribution in [0.5, 0.6) is 0 Å². The van der Waals surface area contributed by atoms with Gasteiger partial charge in [0.25, 0.3) is 0 Å². The van der Waals surface area contributed by atoms with Gasteiger partial charge in [0.05, 0.1) is 6.21 Å². The van der Waals surface area contributed by atoms with E-state index < -0.39 is 0 Å². The highest BCUT2D eigenvalue weighted by molar-refractivity contribution is 7.97. The normalized spacial score (nSPS) is 13.5. The fraction of sp³-hybridized carbons (Fsp3) is 0.500. The number of aliphatic imine (C=N–C) groups is 1. The summed E-state index contributed by atoms with van der Waals surface area (Å²) < 4.78 is 3.91. The Hall–Kier alpha value is -0.570. The Labute approximate surface area is 72.7 Å². The molecular weight excluding hydrogens is 156 g/mol. The molecule has 0 fully saturated rings. The number of allylic oxidation sites excluding steroid dienone is 1. The molecule has 0 saturated heterocycles. The molecule has 0 aromatic rings. The summed E-state index contributed by atoms with van der Waals surface area (Å²) in [6.07, 6.45) is 8.20. The maximum absolute atomic E-state index is 4.03. The van der Waals surface area contributed by atoms with E-state index >= 15 is 0 Å². The first-order chi connectivity index (χ1) is 5.31. The Balaban J connectivity index is 3.67. The third kappa shape index (κ3) is 7.33. The molecular formula is C8H14N2S. The van der Waals surface area contributed by atoms with Crippen LogP contribution in [0.4, 0.5) is 0 Å². The summed E-state index contributed by atoms with van der Waals surface area (Å²) in [5, 5.41) is 0. The van der Waals surface area contributed by atoms with E-state index in [9.17, 15) is 0 Å². The van der Waals surface area contributed by atoms with Gasteiger partial charge in [0.2, 0.25) is 0 Å². The topological polar surface area (TPSA) is 24.7 Å². The molecule has 0 radical (unpaired) electrons. The quantitative estimate of drug-likeness (QED) is 0.470. The summed E-state index contributed by atoms with van der Waals surface area (Å²) in [5.41, 5.74) is 1.28. The molecule has 0 heterocycles. The van der Waals surface area contributed by atoms with Crippen LogP contribution in [0.2, 0.25) is 0 Å². The SMILES string of the molecule is CC/C(C)=C/N=CC=NSC. The van der Waals surface area contributed by atoms with Crippen molar-refractivity contribution in [1.82, 2.24) is 0 Å². The zero-order valence-corrected chi connectivity index (χ0v) is 8.06. The number of hydrogen-bond acceptors (Lipinski definition) is 3. The molecule has 0 aliphatic rings. The second-order valence-electron chi connectivity index (χ2n) is 2.06. The molecule has 0 spiro atoms. The Bertz CT molecular complexity index is 171. The van der Waals surface area contributed by atoms with Gasteiger partial charge in [0.1, 0.15) is 0 Å². The second-order valence-corrected chi connectivity index (χ2v) is 2.64. The zero-order chi connectivity index (χ0) is 8.53. The van der Waals surface area contributed by atoms with Crippen molar-refractivity contribution in [2.45, 2.75) is 20.3 Å². The van der Waals surface area contributed by atoms with Gasteiger partial charge in [-0.1, -0.05) is 12.5 Å². The van der Waals surface area contributed by atoms with Crippen molar-refractivity contribution in [3.63, 3.8) is 0 Å². The lowest BCUT2D eigenvalue weighted by Crippen LogP contribution is -1.73.